The summed E-state index contributed by atoms with van der Waals surface area (Å²) in [6.07, 6.45) is 3.42. The van der Waals surface area contributed by atoms with Crippen molar-refractivity contribution in [2.75, 3.05) is 7.11 Å². The summed E-state index contributed by atoms with van der Waals surface area (Å²) in [4.78, 5) is 13.5. The lowest BCUT2D eigenvalue weighted by atomic mass is 10.1. The first kappa shape index (κ1) is 16.5. The molecule has 0 saturated heterocycles. The van der Waals surface area contributed by atoms with E-state index in [1.165, 1.54) is 0 Å². The lowest BCUT2D eigenvalue weighted by Crippen LogP contribution is -1.96. The van der Waals surface area contributed by atoms with Crippen LogP contribution in [0.5, 0.6) is 11.6 Å². The zero-order valence-electron chi connectivity index (χ0n) is 14.9. The normalized spacial score (nSPS) is 11.2. The van der Waals surface area contributed by atoms with E-state index in [1.807, 2.05) is 38.3 Å². The first-order valence-corrected chi connectivity index (χ1v) is 9.01. The van der Waals surface area contributed by atoms with E-state index in [0.717, 1.165) is 38.4 Å². The summed E-state index contributed by atoms with van der Waals surface area (Å²) >= 11 is 1.55. The van der Waals surface area contributed by atoms with Gasteiger partial charge in [-0.25, -0.2) is 9.97 Å². The topological polar surface area (TPSA) is 73.1 Å². The van der Waals surface area contributed by atoms with Gasteiger partial charge in [0.15, 0.2) is 5.82 Å². The van der Waals surface area contributed by atoms with Crippen LogP contribution in [-0.2, 0) is 0 Å². The van der Waals surface area contributed by atoms with Gasteiger partial charge in [0.2, 0.25) is 5.88 Å². The molecule has 6 nitrogen and oxygen atoms in total. The molecule has 0 fully saturated rings. The molecule has 0 aromatic carbocycles. The molecule has 0 unspecified atom stereocenters. The average Bonchev–Trinajstić information content (AvgIpc) is 3.16. The maximum Gasteiger partial charge on any atom is 0.207 e. The van der Waals surface area contributed by atoms with Crippen molar-refractivity contribution < 1.29 is 9.84 Å². The molecule has 0 spiro atoms. The molecule has 26 heavy (non-hydrogen) atoms. The van der Waals surface area contributed by atoms with E-state index in [4.69, 9.17) is 9.72 Å². The van der Waals surface area contributed by atoms with Gasteiger partial charge in [0.25, 0.3) is 0 Å². The Morgan fingerprint density at radius 1 is 1.12 bits per heavy atom. The zero-order valence-corrected chi connectivity index (χ0v) is 15.8. The lowest BCUT2D eigenvalue weighted by molar-refractivity contribution is 0.413. The lowest BCUT2D eigenvalue weighted by Gasteiger charge is -2.06. The van der Waals surface area contributed by atoms with Crippen molar-refractivity contribution in [3.05, 3.63) is 46.2 Å². The Balaban J connectivity index is 1.96. The SMILES string of the molecule is COc1cncc(-c2cc(C)c3c(O)n(-c4csc(C)n4)c(C)c3n2)c1. The predicted octanol–water partition coefficient (Wildman–Crippen LogP) is 4.18. The van der Waals surface area contributed by atoms with Crippen LogP contribution in [0.3, 0.4) is 0 Å². The maximum atomic E-state index is 10.8. The van der Waals surface area contributed by atoms with Gasteiger partial charge in [-0.1, -0.05) is 0 Å². The van der Waals surface area contributed by atoms with E-state index in [0.29, 0.717) is 11.6 Å². The second kappa shape index (κ2) is 6.10. The summed E-state index contributed by atoms with van der Waals surface area (Å²) in [5.41, 5.74) is 4.20. The fourth-order valence-electron chi connectivity index (χ4n) is 3.15. The second-order valence-corrected chi connectivity index (χ2v) is 7.19. The molecule has 1 N–H and O–H groups in total. The summed E-state index contributed by atoms with van der Waals surface area (Å²) < 4.78 is 7.01. The van der Waals surface area contributed by atoms with Crippen LogP contribution in [0.4, 0.5) is 0 Å². The molecule has 0 radical (unpaired) electrons. The van der Waals surface area contributed by atoms with Crippen molar-refractivity contribution in [3.63, 3.8) is 0 Å². The van der Waals surface area contributed by atoms with E-state index in [9.17, 15) is 5.11 Å². The van der Waals surface area contributed by atoms with Gasteiger partial charge >= 0.3 is 0 Å². The zero-order chi connectivity index (χ0) is 18.4. The van der Waals surface area contributed by atoms with Crippen LogP contribution in [0.2, 0.25) is 0 Å². The molecule has 0 aliphatic rings. The number of aryl methyl sites for hydroxylation is 3. The third kappa shape index (κ3) is 2.52. The van der Waals surface area contributed by atoms with Crippen LogP contribution in [0.25, 0.3) is 28.0 Å². The number of pyridine rings is 2. The van der Waals surface area contributed by atoms with Crippen LogP contribution in [0, 0.1) is 20.8 Å². The van der Waals surface area contributed by atoms with Crippen LogP contribution in [0.15, 0.2) is 29.9 Å². The van der Waals surface area contributed by atoms with E-state index in [2.05, 4.69) is 9.97 Å². The maximum absolute atomic E-state index is 10.8. The highest BCUT2D eigenvalue weighted by Crippen LogP contribution is 2.37. The molecular formula is C19H18N4O2S. The molecule has 0 bridgehead atoms. The quantitative estimate of drug-likeness (QED) is 0.589. The van der Waals surface area contributed by atoms with Crippen molar-refractivity contribution in [2.24, 2.45) is 0 Å². The molecule has 4 aromatic rings. The molecule has 4 heterocycles. The van der Waals surface area contributed by atoms with E-state index < -0.39 is 0 Å². The number of hydrogen-bond donors (Lipinski definition) is 1. The molecule has 0 aliphatic carbocycles. The van der Waals surface area contributed by atoms with E-state index in [1.54, 1.807) is 35.4 Å². The average molecular weight is 366 g/mol. The minimum Gasteiger partial charge on any atom is -0.495 e. The highest BCUT2D eigenvalue weighted by atomic mass is 32.1. The van der Waals surface area contributed by atoms with Crippen molar-refractivity contribution >= 4 is 22.2 Å². The molecule has 0 aliphatic heterocycles. The molecular weight excluding hydrogens is 348 g/mol. The Labute approximate surface area is 154 Å². The molecule has 7 heteroatoms. The number of hydrogen-bond acceptors (Lipinski definition) is 6. The van der Waals surface area contributed by atoms with Crippen LogP contribution < -0.4 is 4.74 Å². The van der Waals surface area contributed by atoms with Crippen molar-refractivity contribution in [1.82, 2.24) is 19.5 Å². The van der Waals surface area contributed by atoms with Crippen LogP contribution >= 0.6 is 11.3 Å². The van der Waals surface area contributed by atoms with Gasteiger partial charge < -0.3 is 9.84 Å². The van der Waals surface area contributed by atoms with Crippen molar-refractivity contribution in [3.8, 4) is 28.7 Å². The minimum absolute atomic E-state index is 0.170. The third-order valence-corrected chi connectivity index (χ3v) is 5.17. The van der Waals surface area contributed by atoms with Gasteiger partial charge in [-0.05, 0) is 38.5 Å². The van der Waals surface area contributed by atoms with Crippen LogP contribution in [0.1, 0.15) is 16.3 Å². The molecule has 0 atom stereocenters. The van der Waals surface area contributed by atoms with Gasteiger partial charge in [-0.15, -0.1) is 11.3 Å². The second-order valence-electron chi connectivity index (χ2n) is 6.13. The number of rotatable bonds is 3. The monoisotopic (exact) mass is 366 g/mol. The number of aromatic hydroxyl groups is 1. The van der Waals surface area contributed by atoms with Gasteiger partial charge in [0.1, 0.15) is 5.75 Å². The Hall–Kier alpha value is -2.93. The number of methoxy groups -OCH3 is 1. The smallest absolute Gasteiger partial charge is 0.207 e. The molecule has 132 valence electrons. The van der Waals surface area contributed by atoms with Crippen molar-refractivity contribution in [1.29, 1.82) is 0 Å². The molecule has 4 aromatic heterocycles. The molecule has 4 rings (SSSR count). The minimum atomic E-state index is 0.170. The first-order chi connectivity index (χ1) is 12.5. The number of thiazole rings is 1. The Morgan fingerprint density at radius 3 is 2.62 bits per heavy atom. The molecule has 0 amide bonds. The summed E-state index contributed by atoms with van der Waals surface area (Å²) in [7, 11) is 1.61. The Bertz CT molecular complexity index is 1130. The third-order valence-electron chi connectivity index (χ3n) is 4.41. The summed E-state index contributed by atoms with van der Waals surface area (Å²) in [5.74, 6) is 1.56. The largest absolute Gasteiger partial charge is 0.495 e. The van der Waals surface area contributed by atoms with Gasteiger partial charge in [-0.2, -0.15) is 0 Å². The Kier molecular flexibility index (Phi) is 3.88. The summed E-state index contributed by atoms with van der Waals surface area (Å²) in [6.45, 7) is 5.86. The van der Waals surface area contributed by atoms with Gasteiger partial charge in [0, 0.05) is 17.1 Å². The van der Waals surface area contributed by atoms with E-state index in [-0.39, 0.29) is 5.88 Å². The first-order valence-electron chi connectivity index (χ1n) is 8.13. The number of fused-ring (bicyclic) bond motifs is 1. The van der Waals surface area contributed by atoms with Gasteiger partial charge in [-0.3, -0.25) is 9.55 Å². The predicted molar refractivity (Wildman–Crippen MR) is 102 cm³/mol. The van der Waals surface area contributed by atoms with Gasteiger partial charge in [0.05, 0.1) is 40.6 Å². The highest BCUT2D eigenvalue weighted by molar-refractivity contribution is 7.09. The number of ether oxygens (including phenoxy) is 1. The summed E-state index contributed by atoms with van der Waals surface area (Å²) in [5, 5.41) is 14.4. The van der Waals surface area contributed by atoms with Crippen molar-refractivity contribution in [2.45, 2.75) is 20.8 Å². The fourth-order valence-corrected chi connectivity index (χ4v) is 3.73. The number of aromatic nitrogens is 4. The number of nitrogens with zero attached hydrogens (tertiary/aromatic N) is 4. The highest BCUT2D eigenvalue weighted by Gasteiger charge is 2.20. The fraction of sp³-hybridized carbons (Fsp3) is 0.211. The Morgan fingerprint density at radius 2 is 1.92 bits per heavy atom. The van der Waals surface area contributed by atoms with Crippen LogP contribution in [-0.4, -0.2) is 31.7 Å². The standard InChI is InChI=1S/C19H18N4O2S/c1-10-5-15(13-6-14(25-4)8-20-7-13)22-18-11(2)23(19(24)17(10)18)16-9-26-12(3)21-16/h5-9,24H,1-4H3. The molecule has 0 saturated carbocycles. The van der Waals surface area contributed by atoms with E-state index >= 15 is 0 Å². The summed E-state index contributed by atoms with van der Waals surface area (Å²) in [6, 6.07) is 3.85.